The molecule has 0 unspecified atom stereocenters. The van der Waals surface area contributed by atoms with Crippen LogP contribution in [0, 0.1) is 11.8 Å². The number of nitrogens with zero attached hydrogens (tertiary/aromatic N) is 1. The number of fused-ring (bicyclic) bond motifs is 1. The van der Waals surface area contributed by atoms with E-state index in [4.69, 9.17) is 0 Å². The van der Waals surface area contributed by atoms with Gasteiger partial charge in [-0.3, -0.25) is 5.10 Å². The zero-order valence-corrected chi connectivity index (χ0v) is 7.62. The minimum atomic E-state index is 0.809. The fourth-order valence-corrected chi connectivity index (χ4v) is 2.14. The van der Waals surface area contributed by atoms with Gasteiger partial charge in [-0.1, -0.05) is 17.7 Å². The van der Waals surface area contributed by atoms with Crippen LogP contribution in [0.5, 0.6) is 0 Å². The lowest BCUT2D eigenvalue weighted by atomic mass is 9.99. The second-order valence-electron chi connectivity index (χ2n) is 3.99. The first-order valence-electron chi connectivity index (χ1n) is 4.74. The molecule has 2 aliphatic carbocycles. The van der Waals surface area contributed by atoms with Gasteiger partial charge in [-0.2, -0.15) is 5.10 Å². The Balaban J connectivity index is 2.01. The summed E-state index contributed by atoms with van der Waals surface area (Å²) in [5.74, 6) is 1.66. The summed E-state index contributed by atoms with van der Waals surface area (Å²) in [5.41, 5.74) is 3.98. The molecule has 0 spiro atoms. The van der Waals surface area contributed by atoms with Crippen LogP contribution < -0.4 is 0 Å². The number of allylic oxidation sites excluding steroid dienone is 4. The first kappa shape index (κ1) is 7.13. The normalized spacial score (nSPS) is 30.5. The van der Waals surface area contributed by atoms with E-state index in [-0.39, 0.29) is 0 Å². The largest absolute Gasteiger partial charge is 0.278 e. The highest BCUT2D eigenvalue weighted by Gasteiger charge is 2.38. The summed E-state index contributed by atoms with van der Waals surface area (Å²) in [4.78, 5) is 0. The maximum absolute atomic E-state index is 3.97. The number of rotatable bonds is 1. The van der Waals surface area contributed by atoms with Gasteiger partial charge in [0, 0.05) is 6.20 Å². The van der Waals surface area contributed by atoms with Crippen LogP contribution in [0.1, 0.15) is 19.0 Å². The van der Waals surface area contributed by atoms with E-state index in [2.05, 4.69) is 29.3 Å². The van der Waals surface area contributed by atoms with Gasteiger partial charge in [0.25, 0.3) is 0 Å². The molecule has 0 aromatic carbocycles. The lowest BCUT2D eigenvalue weighted by Crippen LogP contribution is -1.93. The Hall–Kier alpha value is -1.31. The van der Waals surface area contributed by atoms with Crippen molar-refractivity contribution in [3.05, 3.63) is 35.7 Å². The Morgan fingerprint density at radius 2 is 2.46 bits per heavy atom. The molecular weight excluding hydrogens is 160 g/mol. The van der Waals surface area contributed by atoms with E-state index >= 15 is 0 Å². The zero-order valence-electron chi connectivity index (χ0n) is 7.62. The maximum Gasteiger partial charge on any atom is 0.0647 e. The Kier molecular flexibility index (Phi) is 1.29. The van der Waals surface area contributed by atoms with Crippen LogP contribution >= 0.6 is 0 Å². The molecule has 66 valence electrons. The van der Waals surface area contributed by atoms with Gasteiger partial charge in [0.1, 0.15) is 0 Å². The first-order valence-corrected chi connectivity index (χ1v) is 4.74. The number of H-pyrrole nitrogens is 1. The molecule has 1 N–H and O–H groups in total. The van der Waals surface area contributed by atoms with Crippen molar-refractivity contribution in [3.8, 4) is 0 Å². The summed E-state index contributed by atoms with van der Waals surface area (Å²) in [6.07, 6.45) is 7.80. The monoisotopic (exact) mass is 172 g/mol. The Bertz CT molecular complexity index is 384. The third kappa shape index (κ3) is 1.05. The van der Waals surface area contributed by atoms with Crippen LogP contribution in [-0.4, -0.2) is 10.2 Å². The SMILES string of the molecule is CC1=CC(c2ccn[nH]2)=C[C@@H]2C[C@H]12. The predicted octanol–water partition coefficient (Wildman–Crippen LogP) is 2.39. The van der Waals surface area contributed by atoms with E-state index in [0.717, 1.165) is 17.5 Å². The van der Waals surface area contributed by atoms with Gasteiger partial charge in [0.15, 0.2) is 0 Å². The topological polar surface area (TPSA) is 28.7 Å². The molecule has 1 fully saturated rings. The van der Waals surface area contributed by atoms with Crippen molar-refractivity contribution >= 4 is 5.57 Å². The molecule has 1 heterocycles. The molecule has 13 heavy (non-hydrogen) atoms. The molecule has 1 aromatic rings. The van der Waals surface area contributed by atoms with Crippen molar-refractivity contribution in [3.63, 3.8) is 0 Å². The van der Waals surface area contributed by atoms with Crippen LogP contribution in [0.2, 0.25) is 0 Å². The number of aromatic nitrogens is 2. The molecular formula is C11H12N2. The fourth-order valence-electron chi connectivity index (χ4n) is 2.14. The minimum Gasteiger partial charge on any atom is -0.278 e. The van der Waals surface area contributed by atoms with Crippen molar-refractivity contribution in [1.82, 2.24) is 10.2 Å². The van der Waals surface area contributed by atoms with E-state index in [1.165, 1.54) is 17.6 Å². The number of hydrogen-bond acceptors (Lipinski definition) is 1. The molecule has 0 radical (unpaired) electrons. The van der Waals surface area contributed by atoms with Crippen LogP contribution in [0.4, 0.5) is 0 Å². The van der Waals surface area contributed by atoms with Gasteiger partial charge in [-0.25, -0.2) is 0 Å². The molecule has 1 saturated carbocycles. The highest BCUT2D eigenvalue weighted by atomic mass is 15.1. The van der Waals surface area contributed by atoms with Gasteiger partial charge < -0.3 is 0 Å². The summed E-state index contributed by atoms with van der Waals surface area (Å²) >= 11 is 0. The van der Waals surface area contributed by atoms with Crippen LogP contribution in [0.25, 0.3) is 5.57 Å². The van der Waals surface area contributed by atoms with Gasteiger partial charge in [0.05, 0.1) is 5.69 Å². The van der Waals surface area contributed by atoms with Crippen molar-refractivity contribution < 1.29 is 0 Å². The van der Waals surface area contributed by atoms with Crippen molar-refractivity contribution in [2.24, 2.45) is 11.8 Å². The smallest absolute Gasteiger partial charge is 0.0647 e. The molecule has 2 aliphatic rings. The Morgan fingerprint density at radius 3 is 3.15 bits per heavy atom. The molecule has 0 saturated heterocycles. The highest BCUT2D eigenvalue weighted by Crippen LogP contribution is 2.49. The molecule has 1 aromatic heterocycles. The van der Waals surface area contributed by atoms with E-state index < -0.39 is 0 Å². The molecule has 2 nitrogen and oxygen atoms in total. The average Bonchev–Trinajstić information content (AvgIpc) is 2.72. The van der Waals surface area contributed by atoms with Crippen molar-refractivity contribution in [2.75, 3.05) is 0 Å². The molecule has 0 amide bonds. The average molecular weight is 172 g/mol. The second kappa shape index (κ2) is 2.34. The number of hydrogen-bond donors (Lipinski definition) is 1. The van der Waals surface area contributed by atoms with Crippen LogP contribution in [0.3, 0.4) is 0 Å². The van der Waals surface area contributed by atoms with Crippen molar-refractivity contribution in [2.45, 2.75) is 13.3 Å². The second-order valence-corrected chi connectivity index (χ2v) is 3.99. The van der Waals surface area contributed by atoms with E-state index in [9.17, 15) is 0 Å². The zero-order chi connectivity index (χ0) is 8.84. The summed E-state index contributed by atoms with van der Waals surface area (Å²) in [7, 11) is 0. The van der Waals surface area contributed by atoms with E-state index in [0.29, 0.717) is 0 Å². The van der Waals surface area contributed by atoms with Gasteiger partial charge in [0.2, 0.25) is 0 Å². The first-order chi connectivity index (χ1) is 6.34. The molecule has 2 heteroatoms. The molecule has 2 atom stereocenters. The van der Waals surface area contributed by atoms with Gasteiger partial charge in [-0.05, 0) is 36.8 Å². The summed E-state index contributed by atoms with van der Waals surface area (Å²) in [6.45, 7) is 2.23. The lowest BCUT2D eigenvalue weighted by molar-refractivity contribution is 0.911. The summed E-state index contributed by atoms with van der Waals surface area (Å²) < 4.78 is 0. The minimum absolute atomic E-state index is 0.809. The quantitative estimate of drug-likeness (QED) is 0.692. The Morgan fingerprint density at radius 1 is 1.54 bits per heavy atom. The van der Waals surface area contributed by atoms with E-state index in [1.54, 1.807) is 6.20 Å². The number of aromatic amines is 1. The maximum atomic E-state index is 3.97. The predicted molar refractivity (Wildman–Crippen MR) is 51.9 cm³/mol. The third-order valence-corrected chi connectivity index (χ3v) is 3.01. The summed E-state index contributed by atoms with van der Waals surface area (Å²) in [5, 5.41) is 6.97. The highest BCUT2D eigenvalue weighted by molar-refractivity contribution is 5.74. The summed E-state index contributed by atoms with van der Waals surface area (Å²) in [6, 6.07) is 2.03. The molecule has 0 bridgehead atoms. The fraction of sp³-hybridized carbons (Fsp3) is 0.364. The van der Waals surface area contributed by atoms with Crippen LogP contribution in [-0.2, 0) is 0 Å². The van der Waals surface area contributed by atoms with Gasteiger partial charge in [-0.15, -0.1) is 0 Å². The van der Waals surface area contributed by atoms with Crippen molar-refractivity contribution in [1.29, 1.82) is 0 Å². The number of nitrogens with one attached hydrogen (secondary N) is 1. The lowest BCUT2D eigenvalue weighted by Gasteiger charge is -2.07. The Labute approximate surface area is 77.4 Å². The van der Waals surface area contributed by atoms with Crippen LogP contribution in [0.15, 0.2) is 30.0 Å². The molecule has 0 aliphatic heterocycles. The molecule has 3 rings (SSSR count). The third-order valence-electron chi connectivity index (χ3n) is 3.01. The van der Waals surface area contributed by atoms with Gasteiger partial charge >= 0.3 is 0 Å². The standard InChI is InChI=1S/C11H12N2/c1-7-4-9(5-8-6-10(7)8)11-2-3-12-13-11/h2-5,8,10H,6H2,1H3,(H,12,13)/t8-,10-/m1/s1. The van der Waals surface area contributed by atoms with E-state index in [1.807, 2.05) is 6.07 Å².